The number of fused-ring (bicyclic) bond motifs is 6. The molecule has 0 atom stereocenters. The van der Waals surface area contributed by atoms with E-state index in [1.165, 1.54) is 96.0 Å². The zero-order valence-corrected chi connectivity index (χ0v) is 37.7. The van der Waals surface area contributed by atoms with Crippen LogP contribution in [0.5, 0.6) is 0 Å². The van der Waals surface area contributed by atoms with Gasteiger partial charge in [0.2, 0.25) is 0 Å². The van der Waals surface area contributed by atoms with E-state index in [1.54, 1.807) is 22.3 Å². The van der Waals surface area contributed by atoms with E-state index in [-0.39, 0.29) is 20.1 Å². The fourth-order valence-corrected chi connectivity index (χ4v) is 11.4. The van der Waals surface area contributed by atoms with Crippen molar-refractivity contribution < 1.29 is 20.1 Å². The van der Waals surface area contributed by atoms with Crippen LogP contribution in [0.1, 0.15) is 125 Å². The summed E-state index contributed by atoms with van der Waals surface area (Å²) in [5, 5.41) is 0. The Morgan fingerprint density at radius 3 is 1.33 bits per heavy atom. The molecule has 6 aliphatic rings. The van der Waals surface area contributed by atoms with Gasteiger partial charge in [0.25, 0.3) is 0 Å². The van der Waals surface area contributed by atoms with Crippen LogP contribution in [0.4, 0.5) is 0 Å². The molecule has 3 heterocycles. The van der Waals surface area contributed by atoms with Gasteiger partial charge < -0.3 is 14.1 Å². The molecule has 0 aliphatic heterocycles. The Labute approximate surface area is 367 Å². The molecule has 60 heavy (non-hydrogen) atoms. The van der Waals surface area contributed by atoms with Crippen molar-refractivity contribution in [3.8, 4) is 34.2 Å². The van der Waals surface area contributed by atoms with Crippen molar-refractivity contribution in [3.05, 3.63) is 160 Å². The first-order chi connectivity index (χ1) is 28.8. The van der Waals surface area contributed by atoms with E-state index in [1.807, 2.05) is 31.3 Å². The number of nitrogens with zero attached hydrogens (tertiary/aromatic N) is 5. The molecule has 8 aromatic rings. The summed E-state index contributed by atoms with van der Waals surface area (Å²) in [6, 6.07) is 39.7. The monoisotopic (exact) mass is 962 g/mol. The smallest absolute Gasteiger partial charge is 0.0777 e. The fraction of sp³-hybridized carbons (Fsp3) is 0.315. The second-order valence-corrected chi connectivity index (χ2v) is 17.9. The van der Waals surface area contributed by atoms with Gasteiger partial charge in [0.15, 0.2) is 0 Å². The third kappa shape index (κ3) is 6.41. The van der Waals surface area contributed by atoms with Crippen LogP contribution in [0.2, 0.25) is 0 Å². The molecule has 0 N–H and O–H groups in total. The van der Waals surface area contributed by atoms with Crippen LogP contribution >= 0.6 is 0 Å². The van der Waals surface area contributed by atoms with Gasteiger partial charge in [-0.05, 0) is 177 Å². The van der Waals surface area contributed by atoms with Gasteiger partial charge in [-0.25, -0.2) is 0 Å². The molecule has 0 spiro atoms. The number of benzene rings is 5. The third-order valence-corrected chi connectivity index (χ3v) is 14.3. The molecule has 2 fully saturated rings. The second kappa shape index (κ2) is 15.4. The summed E-state index contributed by atoms with van der Waals surface area (Å²) < 4.78 is 4.74. The third-order valence-electron chi connectivity index (χ3n) is 14.3. The van der Waals surface area contributed by atoms with Crippen LogP contribution in [0.25, 0.3) is 56.2 Å². The number of para-hydroxylation sites is 2. The Bertz CT molecular complexity index is 2860. The van der Waals surface area contributed by atoms with Crippen LogP contribution in [-0.2, 0) is 20.1 Å². The summed E-state index contributed by atoms with van der Waals surface area (Å²) in [6.07, 6.45) is 12.6. The van der Waals surface area contributed by atoms with Gasteiger partial charge in [0.05, 0.1) is 33.7 Å². The molecule has 6 aliphatic carbocycles. The molecular formula is C54H51IrN5-2. The maximum Gasteiger partial charge on any atom is 0.0777 e. The minimum Gasteiger partial charge on any atom is -0.357 e. The van der Waals surface area contributed by atoms with E-state index in [4.69, 9.17) is 9.97 Å². The van der Waals surface area contributed by atoms with E-state index in [0.29, 0.717) is 5.92 Å². The molecule has 4 bridgehead atoms. The standard InChI is InChI=1S/C27H26N3.C27H25N2.Ir/c1-16-5-4-6-17(2)26(16)30-25-14-23-20-11-9-19(10-12-20)22(23)13-24(25)29-27(30)21-8-7-18(3)28-15-21;1-17-7-6-8-18(2)26(17)29-25-16-23-20-13-11-19(12-14-20)22(23)15-24(25)28-27(29)21-9-4-3-5-10-21;/h4-7,13-15,19-20H,9-12H2,1-3H3;3-9,15-16,19-20H,11-14H2,1-2H3;/q2*-1;. The topological polar surface area (TPSA) is 48.5 Å². The largest absolute Gasteiger partial charge is 0.357 e. The van der Waals surface area contributed by atoms with Crippen molar-refractivity contribution in [2.45, 2.75) is 110 Å². The van der Waals surface area contributed by atoms with Gasteiger partial charge in [-0.1, -0.05) is 55.1 Å². The summed E-state index contributed by atoms with van der Waals surface area (Å²) in [5.41, 5.74) is 21.4. The van der Waals surface area contributed by atoms with Crippen LogP contribution < -0.4 is 0 Å². The molecule has 5 nitrogen and oxygen atoms in total. The zero-order valence-electron chi connectivity index (χ0n) is 35.3. The van der Waals surface area contributed by atoms with Crippen molar-refractivity contribution >= 4 is 22.1 Å². The van der Waals surface area contributed by atoms with Gasteiger partial charge in [-0.2, -0.15) is 0 Å². The van der Waals surface area contributed by atoms with Crippen molar-refractivity contribution in [3.63, 3.8) is 0 Å². The first-order valence-electron chi connectivity index (χ1n) is 21.9. The maximum atomic E-state index is 5.16. The average molecular weight is 962 g/mol. The molecule has 3 aromatic heterocycles. The summed E-state index contributed by atoms with van der Waals surface area (Å²) >= 11 is 0. The predicted molar refractivity (Wildman–Crippen MR) is 240 cm³/mol. The van der Waals surface area contributed by atoms with Crippen molar-refractivity contribution in [1.29, 1.82) is 0 Å². The number of aryl methyl sites for hydroxylation is 5. The fourth-order valence-electron chi connectivity index (χ4n) is 11.4. The maximum absolute atomic E-state index is 5.16. The number of hydrogen-bond donors (Lipinski definition) is 0. The predicted octanol–water partition coefficient (Wildman–Crippen LogP) is 13.4. The Morgan fingerprint density at radius 2 is 0.933 bits per heavy atom. The van der Waals surface area contributed by atoms with E-state index >= 15 is 0 Å². The molecule has 5 aromatic carbocycles. The van der Waals surface area contributed by atoms with Gasteiger partial charge in [-0.3, -0.25) is 9.97 Å². The Morgan fingerprint density at radius 1 is 0.500 bits per heavy atom. The summed E-state index contributed by atoms with van der Waals surface area (Å²) in [4.78, 5) is 14.9. The average Bonchev–Trinajstić information content (AvgIpc) is 3.82. The number of imidazole rings is 2. The Hall–Kier alpha value is -5.16. The molecule has 2 saturated carbocycles. The molecule has 1 radical (unpaired) electrons. The van der Waals surface area contributed by atoms with E-state index in [0.717, 1.165) is 57.3 Å². The van der Waals surface area contributed by atoms with E-state index in [2.05, 4.69) is 127 Å². The number of aromatic nitrogens is 5. The normalized spacial score (nSPS) is 19.8. The molecule has 6 heteroatoms. The van der Waals surface area contributed by atoms with Crippen LogP contribution in [-0.4, -0.2) is 24.1 Å². The van der Waals surface area contributed by atoms with E-state index in [9.17, 15) is 0 Å². The van der Waals surface area contributed by atoms with E-state index < -0.39 is 0 Å². The first-order valence-corrected chi connectivity index (χ1v) is 21.9. The molecule has 0 unspecified atom stereocenters. The molecule has 14 rings (SSSR count). The number of pyridine rings is 1. The van der Waals surface area contributed by atoms with Crippen LogP contribution in [0, 0.1) is 46.8 Å². The molecular weight excluding hydrogens is 911 g/mol. The Kier molecular flexibility index (Phi) is 10.0. The first kappa shape index (κ1) is 39.0. The number of hydrogen-bond acceptors (Lipinski definition) is 3. The van der Waals surface area contributed by atoms with Crippen molar-refractivity contribution in [2.75, 3.05) is 0 Å². The van der Waals surface area contributed by atoms with Crippen molar-refractivity contribution in [1.82, 2.24) is 24.1 Å². The molecule has 303 valence electrons. The SMILES string of the molecule is Cc1c[c-]c(-c2nc3cc4c(cc3n2-c2c(C)cccc2C)C2CCC4CC2)cn1.Cc1cccc(C)c1-n1c(-c2[c-]cccc2)nc2cc3c(cc21)C1CCC3CC1.[Ir]. The second-order valence-electron chi connectivity index (χ2n) is 17.9. The minimum absolute atomic E-state index is 0. The number of rotatable bonds is 4. The van der Waals surface area contributed by atoms with Gasteiger partial charge >= 0.3 is 0 Å². The Balaban J connectivity index is 0.000000142. The van der Waals surface area contributed by atoms with Crippen molar-refractivity contribution in [2.24, 2.45) is 0 Å². The summed E-state index contributed by atoms with van der Waals surface area (Å²) in [5.74, 6) is 4.82. The van der Waals surface area contributed by atoms with Gasteiger partial charge in [-0.15, -0.1) is 48.0 Å². The zero-order chi connectivity index (χ0) is 39.9. The van der Waals surface area contributed by atoms with Crippen LogP contribution in [0.3, 0.4) is 0 Å². The molecule has 0 saturated heterocycles. The van der Waals surface area contributed by atoms with Gasteiger partial charge in [0.1, 0.15) is 0 Å². The van der Waals surface area contributed by atoms with Gasteiger partial charge in [0, 0.05) is 31.5 Å². The summed E-state index contributed by atoms with van der Waals surface area (Å²) in [6.45, 7) is 10.8. The minimum atomic E-state index is 0. The van der Waals surface area contributed by atoms with Crippen LogP contribution in [0.15, 0.2) is 97.2 Å². The molecule has 0 amide bonds. The summed E-state index contributed by atoms with van der Waals surface area (Å²) in [7, 11) is 0. The quantitative estimate of drug-likeness (QED) is 0.165.